The van der Waals surface area contributed by atoms with Crippen molar-refractivity contribution >= 4 is 33.8 Å². The zero-order chi connectivity index (χ0) is 20.1. The molecule has 4 heterocycles. The molecule has 0 N–H and O–H groups in total. The number of rotatable bonds is 6. The molecular formula is C21H23ClN6O. The van der Waals surface area contributed by atoms with Crippen LogP contribution in [0.5, 0.6) is 0 Å². The molecule has 5 rings (SSSR count). The van der Waals surface area contributed by atoms with Gasteiger partial charge in [0.25, 0.3) is 0 Å². The summed E-state index contributed by atoms with van der Waals surface area (Å²) in [5, 5.41) is 0.421. The van der Waals surface area contributed by atoms with Gasteiger partial charge in [0.15, 0.2) is 5.65 Å². The maximum absolute atomic E-state index is 13.2. The third-order valence-corrected chi connectivity index (χ3v) is 5.78. The number of imidazole rings is 2. The molecule has 7 nitrogen and oxygen atoms in total. The molecule has 4 aromatic rings. The molecule has 0 amide bonds. The van der Waals surface area contributed by atoms with E-state index in [4.69, 9.17) is 16.6 Å². The van der Waals surface area contributed by atoms with Crippen LogP contribution in [0.25, 0.3) is 22.2 Å². The molecule has 8 heteroatoms. The number of aromatic nitrogens is 6. The van der Waals surface area contributed by atoms with Crippen molar-refractivity contribution in [3.8, 4) is 0 Å². The van der Waals surface area contributed by atoms with Gasteiger partial charge in [0, 0.05) is 18.8 Å². The first-order valence-corrected chi connectivity index (χ1v) is 10.5. The van der Waals surface area contributed by atoms with Crippen molar-refractivity contribution in [2.75, 3.05) is 0 Å². The lowest BCUT2D eigenvalue weighted by Crippen LogP contribution is -2.25. The lowest BCUT2D eigenvalue weighted by molar-refractivity contribution is 0.506. The van der Waals surface area contributed by atoms with E-state index in [1.54, 1.807) is 23.0 Å². The van der Waals surface area contributed by atoms with E-state index in [1.807, 2.05) is 16.7 Å². The fraction of sp³-hybridized carbons (Fsp3) is 0.429. The van der Waals surface area contributed by atoms with Gasteiger partial charge in [-0.25, -0.2) is 14.8 Å². The molecule has 0 bridgehead atoms. The van der Waals surface area contributed by atoms with E-state index in [0.29, 0.717) is 29.3 Å². The minimum absolute atomic E-state index is 0.00366. The SMILES string of the molecule is CC(C)CCn1c(Cn2c(=O)n(C3CC3)c3ccncc32)nc2nc(Cl)ccc21. The Morgan fingerprint density at radius 1 is 1.10 bits per heavy atom. The predicted molar refractivity (Wildman–Crippen MR) is 113 cm³/mol. The molecule has 0 saturated heterocycles. The summed E-state index contributed by atoms with van der Waals surface area (Å²) >= 11 is 6.09. The van der Waals surface area contributed by atoms with Gasteiger partial charge >= 0.3 is 5.69 Å². The smallest absolute Gasteiger partial charge is 0.325 e. The van der Waals surface area contributed by atoms with Crippen LogP contribution < -0.4 is 5.69 Å². The Bertz CT molecular complexity index is 1260. The molecule has 1 saturated carbocycles. The fourth-order valence-corrected chi connectivity index (χ4v) is 4.04. The number of halogens is 1. The molecule has 0 aliphatic heterocycles. The van der Waals surface area contributed by atoms with Crippen LogP contribution in [0, 0.1) is 5.92 Å². The highest BCUT2D eigenvalue weighted by Crippen LogP contribution is 2.36. The second-order valence-electron chi connectivity index (χ2n) is 8.17. The highest BCUT2D eigenvalue weighted by Gasteiger charge is 2.29. The number of fused-ring (bicyclic) bond motifs is 2. The Kier molecular flexibility index (Phi) is 4.42. The van der Waals surface area contributed by atoms with Crippen molar-refractivity contribution in [3.05, 3.63) is 52.1 Å². The lowest BCUT2D eigenvalue weighted by atomic mass is 10.1. The predicted octanol–water partition coefficient (Wildman–Crippen LogP) is 4.03. The van der Waals surface area contributed by atoms with Crippen LogP contribution in [0.4, 0.5) is 0 Å². The Morgan fingerprint density at radius 2 is 1.93 bits per heavy atom. The van der Waals surface area contributed by atoms with Gasteiger partial charge in [-0.05, 0) is 43.4 Å². The standard InChI is InChI=1S/C21H23ClN6O/c1-13(2)8-10-26-16-5-6-18(22)24-20(16)25-19(26)12-27-17-11-23-9-7-15(17)28(21(27)29)14-3-4-14/h5-7,9,11,13-14H,3-4,8,10,12H2,1-2H3. The molecule has 0 aromatic carbocycles. The molecule has 0 spiro atoms. The summed E-state index contributed by atoms with van der Waals surface area (Å²) in [5.74, 6) is 1.38. The number of aryl methyl sites for hydroxylation is 1. The van der Waals surface area contributed by atoms with E-state index in [0.717, 1.165) is 48.2 Å². The molecule has 1 aliphatic carbocycles. The summed E-state index contributed by atoms with van der Waals surface area (Å²) in [5.41, 5.74) is 3.36. The number of hydrogen-bond donors (Lipinski definition) is 0. The van der Waals surface area contributed by atoms with Crippen LogP contribution in [0.2, 0.25) is 5.15 Å². The normalized spacial score (nSPS) is 14.5. The van der Waals surface area contributed by atoms with Crippen LogP contribution in [0.1, 0.15) is 45.0 Å². The summed E-state index contributed by atoms with van der Waals surface area (Å²) in [6, 6.07) is 5.97. The van der Waals surface area contributed by atoms with Crippen molar-refractivity contribution in [2.45, 2.75) is 52.2 Å². The highest BCUT2D eigenvalue weighted by atomic mass is 35.5. The molecule has 4 aromatic heterocycles. The molecule has 150 valence electrons. The van der Waals surface area contributed by atoms with Crippen molar-refractivity contribution < 1.29 is 0 Å². The van der Waals surface area contributed by atoms with Gasteiger partial charge in [-0.2, -0.15) is 0 Å². The Hall–Kier alpha value is -2.67. The molecule has 0 radical (unpaired) electrons. The van der Waals surface area contributed by atoms with Gasteiger partial charge in [-0.1, -0.05) is 25.4 Å². The van der Waals surface area contributed by atoms with Crippen molar-refractivity contribution in [1.82, 2.24) is 28.7 Å². The topological polar surface area (TPSA) is 70.5 Å². The van der Waals surface area contributed by atoms with E-state index < -0.39 is 0 Å². The van der Waals surface area contributed by atoms with Gasteiger partial charge in [0.2, 0.25) is 0 Å². The monoisotopic (exact) mass is 410 g/mol. The summed E-state index contributed by atoms with van der Waals surface area (Å²) < 4.78 is 5.87. The van der Waals surface area contributed by atoms with Crippen molar-refractivity contribution in [2.24, 2.45) is 5.92 Å². The van der Waals surface area contributed by atoms with E-state index in [1.165, 1.54) is 0 Å². The number of nitrogens with zero attached hydrogens (tertiary/aromatic N) is 6. The maximum atomic E-state index is 13.2. The molecule has 0 unspecified atom stereocenters. The molecule has 1 aliphatic rings. The maximum Gasteiger partial charge on any atom is 0.329 e. The second-order valence-corrected chi connectivity index (χ2v) is 8.56. The third kappa shape index (κ3) is 3.23. The average Bonchev–Trinajstić information content (AvgIpc) is 3.41. The van der Waals surface area contributed by atoms with E-state index in [-0.39, 0.29) is 5.69 Å². The quantitative estimate of drug-likeness (QED) is 0.450. The number of pyridine rings is 2. The van der Waals surface area contributed by atoms with Crippen LogP contribution >= 0.6 is 11.6 Å². The summed E-state index contributed by atoms with van der Waals surface area (Å²) in [6.07, 6.45) is 6.63. The summed E-state index contributed by atoms with van der Waals surface area (Å²) in [4.78, 5) is 26.6. The lowest BCUT2D eigenvalue weighted by Gasteiger charge is -2.11. The molecule has 0 atom stereocenters. The van der Waals surface area contributed by atoms with E-state index in [9.17, 15) is 4.79 Å². The third-order valence-electron chi connectivity index (χ3n) is 5.56. The van der Waals surface area contributed by atoms with E-state index >= 15 is 0 Å². The summed E-state index contributed by atoms with van der Waals surface area (Å²) in [6.45, 7) is 5.61. The van der Waals surface area contributed by atoms with Crippen LogP contribution in [0.15, 0.2) is 35.4 Å². The average molecular weight is 411 g/mol. The van der Waals surface area contributed by atoms with Gasteiger partial charge in [0.05, 0.1) is 29.3 Å². The minimum Gasteiger partial charge on any atom is -0.325 e. The van der Waals surface area contributed by atoms with Crippen LogP contribution in [-0.4, -0.2) is 28.7 Å². The molecule has 29 heavy (non-hydrogen) atoms. The fourth-order valence-electron chi connectivity index (χ4n) is 3.90. The van der Waals surface area contributed by atoms with Crippen LogP contribution in [-0.2, 0) is 13.1 Å². The van der Waals surface area contributed by atoms with E-state index in [2.05, 4.69) is 28.4 Å². The largest absolute Gasteiger partial charge is 0.329 e. The van der Waals surface area contributed by atoms with Gasteiger partial charge in [-0.15, -0.1) is 0 Å². The molecule has 1 fully saturated rings. The first-order valence-electron chi connectivity index (χ1n) is 10.1. The Balaban J connectivity index is 1.65. The molecular weight excluding hydrogens is 388 g/mol. The van der Waals surface area contributed by atoms with Crippen molar-refractivity contribution in [1.29, 1.82) is 0 Å². The first kappa shape index (κ1) is 18.4. The zero-order valence-corrected chi connectivity index (χ0v) is 17.3. The highest BCUT2D eigenvalue weighted by molar-refractivity contribution is 6.29. The van der Waals surface area contributed by atoms with Gasteiger partial charge < -0.3 is 4.57 Å². The first-order chi connectivity index (χ1) is 14.0. The number of hydrogen-bond acceptors (Lipinski definition) is 4. The second kappa shape index (κ2) is 6.99. The Morgan fingerprint density at radius 3 is 2.69 bits per heavy atom. The minimum atomic E-state index is 0.00366. The van der Waals surface area contributed by atoms with Crippen molar-refractivity contribution in [3.63, 3.8) is 0 Å². The van der Waals surface area contributed by atoms with Gasteiger partial charge in [-0.3, -0.25) is 14.1 Å². The van der Waals surface area contributed by atoms with Gasteiger partial charge in [0.1, 0.15) is 11.0 Å². The zero-order valence-electron chi connectivity index (χ0n) is 16.5. The Labute approximate surface area is 173 Å². The summed E-state index contributed by atoms with van der Waals surface area (Å²) in [7, 11) is 0. The van der Waals surface area contributed by atoms with Crippen LogP contribution in [0.3, 0.4) is 0 Å².